The lowest BCUT2D eigenvalue weighted by Crippen LogP contribution is -2.27. The minimum atomic E-state index is -0.0518. The van der Waals surface area contributed by atoms with E-state index in [4.69, 9.17) is 15.0 Å². The molecule has 94 valence electrons. The zero-order chi connectivity index (χ0) is 12.7. The first kappa shape index (κ1) is 11.2. The summed E-state index contributed by atoms with van der Waals surface area (Å²) in [6.45, 7) is 3.98. The van der Waals surface area contributed by atoms with Crippen LogP contribution in [0, 0.1) is 6.92 Å². The van der Waals surface area contributed by atoms with Gasteiger partial charge in [-0.15, -0.1) is 0 Å². The van der Waals surface area contributed by atoms with Gasteiger partial charge in [-0.25, -0.2) is 0 Å². The molecule has 0 amide bonds. The van der Waals surface area contributed by atoms with Crippen molar-refractivity contribution in [3.63, 3.8) is 0 Å². The van der Waals surface area contributed by atoms with Gasteiger partial charge in [0.15, 0.2) is 0 Å². The Kier molecular flexibility index (Phi) is 2.56. The molecular formula is C13H15N3O2. The van der Waals surface area contributed by atoms with Crippen molar-refractivity contribution in [2.24, 2.45) is 0 Å². The molecule has 0 spiro atoms. The lowest BCUT2D eigenvalue weighted by molar-refractivity contribution is -0.129. The fourth-order valence-corrected chi connectivity index (χ4v) is 1.99. The molecule has 1 aliphatic rings. The van der Waals surface area contributed by atoms with Crippen LogP contribution in [-0.4, -0.2) is 16.2 Å². The molecule has 0 radical (unpaired) electrons. The second-order valence-corrected chi connectivity index (χ2v) is 4.70. The summed E-state index contributed by atoms with van der Waals surface area (Å²) < 4.78 is 10.7. The minimum absolute atomic E-state index is 0.0518. The number of benzene rings is 1. The quantitative estimate of drug-likeness (QED) is 0.823. The number of nitrogens with zero attached hydrogens (tertiary/aromatic N) is 2. The Morgan fingerprint density at radius 1 is 1.39 bits per heavy atom. The Hall–Kier alpha value is -1.88. The maximum Gasteiger partial charge on any atom is 0.256 e. The van der Waals surface area contributed by atoms with Gasteiger partial charge in [0.2, 0.25) is 5.82 Å². The Labute approximate surface area is 105 Å². The molecule has 0 bridgehead atoms. The second kappa shape index (κ2) is 4.10. The Morgan fingerprint density at radius 2 is 2.17 bits per heavy atom. The largest absolute Gasteiger partial charge is 0.398 e. The molecule has 1 aliphatic heterocycles. The third-order valence-electron chi connectivity index (χ3n) is 3.20. The molecule has 5 heteroatoms. The Balaban J connectivity index is 1.86. The van der Waals surface area contributed by atoms with Gasteiger partial charge in [-0.3, -0.25) is 0 Å². The summed E-state index contributed by atoms with van der Waals surface area (Å²) >= 11 is 0. The first-order valence-electron chi connectivity index (χ1n) is 5.99. The topological polar surface area (TPSA) is 74.2 Å². The molecule has 5 nitrogen and oxygen atoms in total. The van der Waals surface area contributed by atoms with Crippen LogP contribution < -0.4 is 5.73 Å². The number of anilines is 1. The average Bonchev–Trinajstić information content (AvgIpc) is 2.78. The second-order valence-electron chi connectivity index (χ2n) is 4.70. The molecule has 0 aliphatic carbocycles. The molecular weight excluding hydrogens is 230 g/mol. The van der Waals surface area contributed by atoms with Gasteiger partial charge in [0.1, 0.15) is 6.10 Å². The lowest BCUT2D eigenvalue weighted by atomic mass is 10.1. The van der Waals surface area contributed by atoms with E-state index in [0.717, 1.165) is 23.2 Å². The van der Waals surface area contributed by atoms with Crippen LogP contribution in [0.5, 0.6) is 0 Å². The van der Waals surface area contributed by atoms with Gasteiger partial charge in [-0.1, -0.05) is 17.3 Å². The summed E-state index contributed by atoms with van der Waals surface area (Å²) in [7, 11) is 0. The van der Waals surface area contributed by atoms with E-state index in [1.54, 1.807) is 0 Å². The number of rotatable bonds is 2. The van der Waals surface area contributed by atoms with E-state index in [-0.39, 0.29) is 12.2 Å². The van der Waals surface area contributed by atoms with E-state index in [0.29, 0.717) is 11.7 Å². The SMILES string of the molecule is Cc1ccc(-c2noc(C3C[C@@H](C)O3)n2)cc1N. The summed E-state index contributed by atoms with van der Waals surface area (Å²) in [6, 6.07) is 5.74. The van der Waals surface area contributed by atoms with Crippen LogP contribution in [0.4, 0.5) is 5.69 Å². The zero-order valence-corrected chi connectivity index (χ0v) is 10.4. The molecule has 1 aromatic heterocycles. The third kappa shape index (κ3) is 1.86. The van der Waals surface area contributed by atoms with Crippen LogP contribution in [0.1, 0.15) is 30.9 Å². The number of aryl methyl sites for hydroxylation is 1. The molecule has 1 unspecified atom stereocenters. The smallest absolute Gasteiger partial charge is 0.256 e. The van der Waals surface area contributed by atoms with Crippen LogP contribution >= 0.6 is 0 Å². The summed E-state index contributed by atoms with van der Waals surface area (Å²) in [5, 5.41) is 3.96. The van der Waals surface area contributed by atoms with Gasteiger partial charge in [0.05, 0.1) is 6.10 Å². The van der Waals surface area contributed by atoms with Crippen molar-refractivity contribution in [3.8, 4) is 11.4 Å². The van der Waals surface area contributed by atoms with Crippen molar-refractivity contribution in [1.29, 1.82) is 0 Å². The number of hydrogen-bond donors (Lipinski definition) is 1. The van der Waals surface area contributed by atoms with Crippen molar-refractivity contribution in [3.05, 3.63) is 29.7 Å². The molecule has 1 saturated heterocycles. The van der Waals surface area contributed by atoms with Crippen molar-refractivity contribution in [2.45, 2.75) is 32.5 Å². The van der Waals surface area contributed by atoms with Gasteiger partial charge >= 0.3 is 0 Å². The van der Waals surface area contributed by atoms with Crippen LogP contribution in [0.15, 0.2) is 22.7 Å². The predicted octanol–water partition coefficient (Wildman–Crippen LogP) is 2.48. The zero-order valence-electron chi connectivity index (χ0n) is 10.4. The van der Waals surface area contributed by atoms with Gasteiger partial charge < -0.3 is 15.0 Å². The number of aromatic nitrogens is 2. The van der Waals surface area contributed by atoms with Crippen LogP contribution in [-0.2, 0) is 4.74 Å². The monoisotopic (exact) mass is 245 g/mol. The summed E-state index contributed by atoms with van der Waals surface area (Å²) in [5.74, 6) is 1.10. The average molecular weight is 245 g/mol. The van der Waals surface area contributed by atoms with Crippen molar-refractivity contribution < 1.29 is 9.26 Å². The molecule has 1 aromatic carbocycles. The molecule has 2 atom stereocenters. The summed E-state index contributed by atoms with van der Waals surface area (Å²) in [4.78, 5) is 4.35. The van der Waals surface area contributed by atoms with Crippen molar-refractivity contribution in [2.75, 3.05) is 5.73 Å². The number of nitrogen functional groups attached to an aromatic ring is 1. The normalized spacial score (nSPS) is 22.8. The minimum Gasteiger partial charge on any atom is -0.398 e. The molecule has 2 heterocycles. The molecule has 3 rings (SSSR count). The van der Waals surface area contributed by atoms with Crippen molar-refractivity contribution in [1.82, 2.24) is 10.1 Å². The van der Waals surface area contributed by atoms with Gasteiger partial charge in [0.25, 0.3) is 5.89 Å². The Morgan fingerprint density at radius 3 is 2.83 bits per heavy atom. The maximum atomic E-state index is 5.87. The molecule has 1 fully saturated rings. The van der Waals surface area contributed by atoms with Crippen molar-refractivity contribution >= 4 is 5.69 Å². The highest BCUT2D eigenvalue weighted by molar-refractivity contribution is 5.63. The lowest BCUT2D eigenvalue weighted by Gasteiger charge is -2.30. The summed E-state index contributed by atoms with van der Waals surface area (Å²) in [5.41, 5.74) is 8.50. The highest BCUT2D eigenvalue weighted by atomic mass is 16.5. The number of ether oxygens (including phenoxy) is 1. The first-order chi connectivity index (χ1) is 8.63. The van der Waals surface area contributed by atoms with E-state index in [1.165, 1.54) is 0 Å². The van der Waals surface area contributed by atoms with Crippen LogP contribution in [0.25, 0.3) is 11.4 Å². The Bertz CT molecular complexity index is 573. The van der Waals surface area contributed by atoms with E-state index in [1.807, 2.05) is 32.0 Å². The highest BCUT2D eigenvalue weighted by Crippen LogP contribution is 2.34. The van der Waals surface area contributed by atoms with E-state index >= 15 is 0 Å². The van der Waals surface area contributed by atoms with E-state index in [2.05, 4.69) is 10.1 Å². The van der Waals surface area contributed by atoms with Gasteiger partial charge in [-0.2, -0.15) is 4.98 Å². The molecule has 0 saturated carbocycles. The number of hydrogen-bond acceptors (Lipinski definition) is 5. The summed E-state index contributed by atoms with van der Waals surface area (Å²) in [6.07, 6.45) is 1.15. The van der Waals surface area contributed by atoms with Gasteiger partial charge in [-0.05, 0) is 25.5 Å². The first-order valence-corrected chi connectivity index (χ1v) is 5.99. The maximum absolute atomic E-state index is 5.87. The predicted molar refractivity (Wildman–Crippen MR) is 66.8 cm³/mol. The van der Waals surface area contributed by atoms with E-state index in [9.17, 15) is 0 Å². The fourth-order valence-electron chi connectivity index (χ4n) is 1.99. The molecule has 2 aromatic rings. The highest BCUT2D eigenvalue weighted by Gasteiger charge is 2.32. The molecule has 18 heavy (non-hydrogen) atoms. The van der Waals surface area contributed by atoms with Gasteiger partial charge in [0, 0.05) is 17.7 Å². The standard InChI is InChI=1S/C13H15N3O2/c1-7-3-4-9(6-10(7)14)12-15-13(18-16-12)11-5-8(2)17-11/h3-4,6,8,11H,5,14H2,1-2H3/t8-,11?/m1/s1. The van der Waals surface area contributed by atoms with Crippen LogP contribution in [0.2, 0.25) is 0 Å². The van der Waals surface area contributed by atoms with E-state index < -0.39 is 0 Å². The third-order valence-corrected chi connectivity index (χ3v) is 3.20. The molecule has 2 N–H and O–H groups in total. The number of nitrogens with two attached hydrogens (primary N) is 1. The van der Waals surface area contributed by atoms with Crippen LogP contribution in [0.3, 0.4) is 0 Å². The fraction of sp³-hybridized carbons (Fsp3) is 0.385.